The molecule has 3 aromatic heterocycles. The molecule has 4 nitrogen and oxygen atoms in total. The maximum atomic E-state index is 14.4. The Kier molecular flexibility index (Phi) is 6.56. The number of aromatic amines is 2. The van der Waals surface area contributed by atoms with Crippen molar-refractivity contribution in [2.75, 3.05) is 0 Å². The summed E-state index contributed by atoms with van der Waals surface area (Å²) in [5, 5.41) is 0. The van der Waals surface area contributed by atoms with E-state index in [2.05, 4.69) is 33.8 Å². The SMILES string of the molecule is CCCCc1c2nc(c(C(F)(F)F)c3nc(c(CCCC)c4ccc(cc5ccc1[nH]5)[nH]4)C=C3)C=C2. The van der Waals surface area contributed by atoms with E-state index in [4.69, 9.17) is 0 Å². The molecule has 2 N–H and O–H groups in total. The van der Waals surface area contributed by atoms with Crippen LogP contribution in [0, 0.1) is 0 Å². The van der Waals surface area contributed by atoms with Gasteiger partial charge in [0.25, 0.3) is 0 Å². The van der Waals surface area contributed by atoms with Gasteiger partial charge in [0.2, 0.25) is 0 Å². The van der Waals surface area contributed by atoms with Crippen LogP contribution in [-0.2, 0) is 19.0 Å². The fraction of sp³-hybridized carbons (Fsp3) is 0.310. The monoisotopic (exact) mass is 490 g/mol. The molecule has 36 heavy (non-hydrogen) atoms. The Hall–Kier alpha value is -3.61. The number of hydrogen-bond acceptors (Lipinski definition) is 2. The zero-order valence-corrected chi connectivity index (χ0v) is 20.5. The minimum atomic E-state index is -4.59. The third-order valence-electron chi connectivity index (χ3n) is 6.63. The molecule has 0 fully saturated rings. The summed E-state index contributed by atoms with van der Waals surface area (Å²) in [6, 6.07) is 9.97. The van der Waals surface area contributed by atoms with E-state index >= 15 is 0 Å². The first kappa shape index (κ1) is 24.1. The van der Waals surface area contributed by atoms with Gasteiger partial charge in [-0.2, -0.15) is 13.2 Å². The lowest BCUT2D eigenvalue weighted by Gasteiger charge is -2.08. The van der Waals surface area contributed by atoms with Crippen LogP contribution < -0.4 is 0 Å². The van der Waals surface area contributed by atoms with E-state index in [-0.39, 0.29) is 11.4 Å². The number of nitrogens with one attached hydrogen (secondary N) is 2. The molecule has 0 atom stereocenters. The summed E-state index contributed by atoms with van der Waals surface area (Å²) in [6.45, 7) is 4.19. The largest absolute Gasteiger partial charge is 0.420 e. The number of H-pyrrole nitrogens is 2. The van der Waals surface area contributed by atoms with Gasteiger partial charge in [-0.3, -0.25) is 0 Å². The van der Waals surface area contributed by atoms with Crippen LogP contribution in [0.15, 0.2) is 30.3 Å². The number of fused-ring (bicyclic) bond motifs is 8. The van der Waals surface area contributed by atoms with Gasteiger partial charge in [-0.15, -0.1) is 0 Å². The predicted octanol–water partition coefficient (Wildman–Crippen LogP) is 8.36. The Morgan fingerprint density at radius 2 is 1.11 bits per heavy atom. The summed E-state index contributed by atoms with van der Waals surface area (Å²) in [4.78, 5) is 15.9. The fourth-order valence-electron chi connectivity index (χ4n) is 4.78. The van der Waals surface area contributed by atoms with Crippen LogP contribution in [-0.4, -0.2) is 19.9 Å². The fourth-order valence-corrected chi connectivity index (χ4v) is 4.78. The molecule has 0 saturated heterocycles. The Morgan fingerprint density at radius 3 is 1.53 bits per heavy atom. The van der Waals surface area contributed by atoms with Crippen LogP contribution in [0.1, 0.15) is 79.0 Å². The van der Waals surface area contributed by atoms with E-state index in [1.54, 1.807) is 12.2 Å². The van der Waals surface area contributed by atoms with Crippen molar-refractivity contribution in [1.29, 1.82) is 0 Å². The molecular formula is C29H29F3N4. The molecule has 0 saturated carbocycles. The highest BCUT2D eigenvalue weighted by molar-refractivity contribution is 5.82. The lowest BCUT2D eigenvalue weighted by molar-refractivity contribution is -0.138. The zero-order chi connectivity index (χ0) is 25.3. The van der Waals surface area contributed by atoms with Gasteiger partial charge in [-0.25, -0.2) is 9.97 Å². The summed E-state index contributed by atoms with van der Waals surface area (Å²) in [6.07, 6.45) is 6.91. The van der Waals surface area contributed by atoms with Crippen molar-refractivity contribution in [2.45, 2.75) is 58.5 Å². The highest BCUT2D eigenvalue weighted by atomic mass is 19.4. The van der Waals surface area contributed by atoms with E-state index in [1.807, 2.05) is 30.3 Å². The molecule has 0 spiro atoms. The number of hydrogen-bond donors (Lipinski definition) is 2. The van der Waals surface area contributed by atoms with Crippen LogP contribution in [0.2, 0.25) is 0 Å². The molecule has 2 aliphatic heterocycles. The molecular weight excluding hydrogens is 461 g/mol. The van der Waals surface area contributed by atoms with Crippen molar-refractivity contribution in [2.24, 2.45) is 0 Å². The number of halogens is 3. The Balaban J connectivity index is 1.90. The smallest absolute Gasteiger partial charge is 0.355 e. The number of alkyl halides is 3. The van der Waals surface area contributed by atoms with Crippen LogP contribution >= 0.6 is 0 Å². The summed E-state index contributed by atoms with van der Waals surface area (Å²) >= 11 is 0. The van der Waals surface area contributed by atoms with Crippen molar-refractivity contribution < 1.29 is 13.2 Å². The number of unbranched alkanes of at least 4 members (excludes halogenated alkanes) is 2. The van der Waals surface area contributed by atoms with Crippen molar-refractivity contribution in [1.82, 2.24) is 19.9 Å². The van der Waals surface area contributed by atoms with Crippen LogP contribution in [0.4, 0.5) is 13.2 Å². The standard InChI is InChI=1S/C29H29F3N4/c1-3-5-7-20-22-11-9-18(33-22)17-19-10-12-23(34-19)21(8-6-4-2)25-14-16-27(36-25)28(29(30,31)32)26-15-13-24(20)35-26/h9-17,33-34H,3-8H2,1-2H3. The van der Waals surface area contributed by atoms with Gasteiger partial charge in [-0.1, -0.05) is 26.7 Å². The van der Waals surface area contributed by atoms with Crippen LogP contribution in [0.5, 0.6) is 0 Å². The topological polar surface area (TPSA) is 57.4 Å². The van der Waals surface area contributed by atoms with Crippen LogP contribution in [0.25, 0.3) is 46.4 Å². The molecule has 5 rings (SSSR count). The third kappa shape index (κ3) is 4.74. The first-order valence-corrected chi connectivity index (χ1v) is 12.6. The summed E-state index contributed by atoms with van der Waals surface area (Å²) in [7, 11) is 0. The van der Waals surface area contributed by atoms with Gasteiger partial charge >= 0.3 is 6.18 Å². The van der Waals surface area contributed by atoms with Gasteiger partial charge in [-0.05, 0) is 80.3 Å². The molecule has 0 radical (unpaired) electrons. The molecule has 7 heteroatoms. The normalized spacial score (nSPS) is 13.0. The minimum Gasteiger partial charge on any atom is -0.355 e. The van der Waals surface area contributed by atoms with Crippen molar-refractivity contribution >= 4 is 46.4 Å². The van der Waals surface area contributed by atoms with Crippen molar-refractivity contribution in [3.63, 3.8) is 0 Å². The molecule has 2 aliphatic rings. The minimum absolute atomic E-state index is 0.0983. The van der Waals surface area contributed by atoms with Crippen LogP contribution in [0.3, 0.4) is 0 Å². The highest BCUT2D eigenvalue weighted by Crippen LogP contribution is 2.37. The first-order chi connectivity index (χ1) is 17.4. The maximum absolute atomic E-state index is 14.4. The predicted molar refractivity (Wildman–Crippen MR) is 141 cm³/mol. The Morgan fingerprint density at radius 1 is 0.667 bits per heavy atom. The van der Waals surface area contributed by atoms with Gasteiger partial charge in [0.05, 0.1) is 22.8 Å². The van der Waals surface area contributed by atoms with E-state index in [0.717, 1.165) is 71.7 Å². The number of aromatic nitrogens is 4. The highest BCUT2D eigenvalue weighted by Gasteiger charge is 2.37. The summed E-state index contributed by atoms with van der Waals surface area (Å²) in [5.74, 6) is 0. The number of nitrogens with zero attached hydrogens (tertiary/aromatic N) is 2. The Labute approximate surface area is 208 Å². The lowest BCUT2D eigenvalue weighted by Crippen LogP contribution is -2.10. The third-order valence-corrected chi connectivity index (χ3v) is 6.63. The second kappa shape index (κ2) is 9.80. The molecule has 0 unspecified atom stereocenters. The second-order valence-electron chi connectivity index (χ2n) is 9.27. The quantitative estimate of drug-likeness (QED) is 0.251. The lowest BCUT2D eigenvalue weighted by atomic mass is 10.1. The average Bonchev–Trinajstić information content (AvgIpc) is 3.63. The molecule has 5 heterocycles. The zero-order valence-electron chi connectivity index (χ0n) is 20.5. The average molecular weight is 491 g/mol. The molecule has 0 aliphatic carbocycles. The number of rotatable bonds is 6. The summed E-state index contributed by atoms with van der Waals surface area (Å²) < 4.78 is 43.1. The second-order valence-corrected chi connectivity index (χ2v) is 9.27. The molecule has 3 aromatic rings. The van der Waals surface area contributed by atoms with E-state index < -0.39 is 11.7 Å². The van der Waals surface area contributed by atoms with Gasteiger partial charge in [0.1, 0.15) is 5.56 Å². The van der Waals surface area contributed by atoms with E-state index in [0.29, 0.717) is 11.4 Å². The van der Waals surface area contributed by atoms with Crippen molar-refractivity contribution in [3.05, 3.63) is 69.8 Å². The summed E-state index contributed by atoms with van der Waals surface area (Å²) in [5.41, 5.74) is 5.52. The van der Waals surface area contributed by atoms with Gasteiger partial charge in [0, 0.05) is 33.2 Å². The van der Waals surface area contributed by atoms with E-state index in [9.17, 15) is 13.2 Å². The molecule has 0 aromatic carbocycles. The van der Waals surface area contributed by atoms with Crippen molar-refractivity contribution in [3.8, 4) is 0 Å². The van der Waals surface area contributed by atoms with Gasteiger partial charge < -0.3 is 9.97 Å². The number of aryl methyl sites for hydroxylation is 2. The molecule has 0 amide bonds. The van der Waals surface area contributed by atoms with Gasteiger partial charge in [0.15, 0.2) is 0 Å². The first-order valence-electron chi connectivity index (χ1n) is 12.6. The van der Waals surface area contributed by atoms with E-state index in [1.165, 1.54) is 12.2 Å². The Bertz CT molecular complexity index is 1400. The molecule has 186 valence electrons. The maximum Gasteiger partial charge on any atom is 0.420 e. The molecule has 8 bridgehead atoms.